The van der Waals surface area contributed by atoms with E-state index in [0.717, 1.165) is 13.0 Å². The summed E-state index contributed by atoms with van der Waals surface area (Å²) in [6.07, 6.45) is 6.79. The Morgan fingerprint density at radius 1 is 1.00 bits per heavy atom. The number of fused-ring (bicyclic) bond motifs is 2. The number of nitrogens with zero attached hydrogens (tertiary/aromatic N) is 3. The number of hydrogen-bond donors (Lipinski definition) is 0. The Bertz CT molecular complexity index is 931. The molecule has 0 amide bonds. The van der Waals surface area contributed by atoms with Gasteiger partial charge in [-0.1, -0.05) is 67.6 Å². The molecule has 3 nitrogen and oxygen atoms in total. The number of likely N-dealkylation sites (tertiary alicyclic amines) is 1. The molecule has 2 atom stereocenters. The molecule has 1 aromatic heterocycles. The zero-order chi connectivity index (χ0) is 19.0. The molecule has 0 radical (unpaired) electrons. The summed E-state index contributed by atoms with van der Waals surface area (Å²) in [5, 5.41) is 0. The molecular formula is C25H29N3. The maximum atomic E-state index is 4.86. The molecular weight excluding hydrogens is 342 g/mol. The smallest absolute Gasteiger partial charge is 0.109 e. The van der Waals surface area contributed by atoms with E-state index in [2.05, 4.69) is 83.3 Å². The van der Waals surface area contributed by atoms with Gasteiger partial charge in [0.2, 0.25) is 0 Å². The molecule has 28 heavy (non-hydrogen) atoms. The van der Waals surface area contributed by atoms with Gasteiger partial charge in [0.1, 0.15) is 5.82 Å². The highest BCUT2D eigenvalue weighted by Gasteiger charge is 2.49. The number of benzene rings is 2. The lowest BCUT2D eigenvalue weighted by Crippen LogP contribution is -2.45. The Hall–Kier alpha value is -2.39. The van der Waals surface area contributed by atoms with Crippen molar-refractivity contribution in [3.05, 3.63) is 78.2 Å². The fourth-order valence-electron chi connectivity index (χ4n) is 5.57. The number of hydrogen-bond acceptors (Lipinski definition) is 2. The Kier molecular flexibility index (Phi) is 4.56. The first-order valence-corrected chi connectivity index (χ1v) is 10.7. The molecule has 0 N–H and O–H groups in total. The van der Waals surface area contributed by atoms with Gasteiger partial charge in [-0.25, -0.2) is 4.98 Å². The van der Waals surface area contributed by atoms with E-state index >= 15 is 0 Å². The first-order chi connectivity index (χ1) is 13.8. The number of aromatic nitrogens is 2. The molecule has 0 saturated carbocycles. The monoisotopic (exact) mass is 371 g/mol. The van der Waals surface area contributed by atoms with Gasteiger partial charge < -0.3 is 4.57 Å². The third-order valence-electron chi connectivity index (χ3n) is 6.94. The van der Waals surface area contributed by atoms with Gasteiger partial charge >= 0.3 is 0 Å². The predicted octanol–water partition coefficient (Wildman–Crippen LogP) is 4.92. The lowest BCUT2D eigenvalue weighted by atomic mass is 9.71. The molecule has 3 heterocycles. The summed E-state index contributed by atoms with van der Waals surface area (Å²) in [6.45, 7) is 5.73. The highest BCUT2D eigenvalue weighted by molar-refractivity contribution is 5.59. The van der Waals surface area contributed by atoms with E-state index in [0.29, 0.717) is 6.04 Å². The van der Waals surface area contributed by atoms with Gasteiger partial charge in [-0.3, -0.25) is 4.90 Å². The average Bonchev–Trinajstić information content (AvgIpc) is 3.27. The molecule has 2 aromatic carbocycles. The largest absolute Gasteiger partial charge is 0.326 e. The Labute approximate surface area is 168 Å². The second kappa shape index (κ2) is 7.21. The van der Waals surface area contributed by atoms with Gasteiger partial charge in [-0.2, -0.15) is 0 Å². The summed E-state index contributed by atoms with van der Waals surface area (Å²) in [6, 6.07) is 22.6. The van der Waals surface area contributed by atoms with Crippen LogP contribution in [0.5, 0.6) is 0 Å². The fraction of sp³-hybridized carbons (Fsp3) is 0.400. The normalized spacial score (nSPS) is 24.5. The van der Waals surface area contributed by atoms with Crippen molar-refractivity contribution in [1.29, 1.82) is 0 Å². The van der Waals surface area contributed by atoms with Gasteiger partial charge in [-0.15, -0.1) is 0 Å². The molecule has 3 heteroatoms. The van der Waals surface area contributed by atoms with E-state index in [1.165, 1.54) is 55.0 Å². The minimum absolute atomic E-state index is 0.241. The zero-order valence-electron chi connectivity index (χ0n) is 16.7. The van der Waals surface area contributed by atoms with Gasteiger partial charge in [0.05, 0.1) is 11.9 Å². The molecule has 3 aromatic rings. The van der Waals surface area contributed by atoms with Crippen LogP contribution in [0, 0.1) is 0 Å². The first-order valence-electron chi connectivity index (χ1n) is 10.7. The van der Waals surface area contributed by atoms with Crippen LogP contribution in [-0.4, -0.2) is 33.6 Å². The topological polar surface area (TPSA) is 21.1 Å². The highest BCUT2D eigenvalue weighted by Crippen LogP contribution is 2.46. The second-order valence-electron chi connectivity index (χ2n) is 8.36. The van der Waals surface area contributed by atoms with Crippen LogP contribution >= 0.6 is 0 Å². The van der Waals surface area contributed by atoms with Crippen LogP contribution in [0.1, 0.15) is 37.6 Å². The average molecular weight is 372 g/mol. The van der Waals surface area contributed by atoms with Crippen molar-refractivity contribution < 1.29 is 0 Å². The lowest BCUT2D eigenvalue weighted by Gasteiger charge is -2.38. The number of imidazole rings is 1. The van der Waals surface area contributed by atoms with Crippen LogP contribution in [0.4, 0.5) is 0 Å². The van der Waals surface area contributed by atoms with Gasteiger partial charge in [-0.05, 0) is 43.5 Å². The fourth-order valence-corrected chi connectivity index (χ4v) is 5.57. The molecule has 1 saturated heterocycles. The maximum absolute atomic E-state index is 4.86. The Morgan fingerprint density at radius 3 is 2.50 bits per heavy atom. The van der Waals surface area contributed by atoms with Crippen molar-refractivity contribution >= 4 is 0 Å². The van der Waals surface area contributed by atoms with Crippen molar-refractivity contribution in [3.63, 3.8) is 0 Å². The van der Waals surface area contributed by atoms with E-state index in [1.807, 2.05) is 0 Å². The molecule has 144 valence electrons. The number of rotatable bonds is 4. The molecule has 0 bridgehead atoms. The molecule has 5 rings (SSSR count). The lowest BCUT2D eigenvalue weighted by molar-refractivity contribution is 0.185. The van der Waals surface area contributed by atoms with Crippen molar-refractivity contribution in [3.8, 4) is 11.3 Å². The van der Waals surface area contributed by atoms with E-state index in [-0.39, 0.29) is 5.41 Å². The quantitative estimate of drug-likeness (QED) is 0.649. The highest BCUT2D eigenvalue weighted by atomic mass is 15.2. The summed E-state index contributed by atoms with van der Waals surface area (Å²) in [5.41, 5.74) is 4.30. The van der Waals surface area contributed by atoms with Crippen LogP contribution in [-0.2, 0) is 18.4 Å². The van der Waals surface area contributed by atoms with E-state index in [9.17, 15) is 0 Å². The minimum Gasteiger partial charge on any atom is -0.326 e. The zero-order valence-corrected chi connectivity index (χ0v) is 16.7. The van der Waals surface area contributed by atoms with Gasteiger partial charge in [0, 0.05) is 24.4 Å². The third kappa shape index (κ3) is 2.80. The summed E-state index contributed by atoms with van der Waals surface area (Å²) >= 11 is 0. The van der Waals surface area contributed by atoms with E-state index in [1.54, 1.807) is 0 Å². The molecule has 0 unspecified atom stereocenters. The van der Waals surface area contributed by atoms with Crippen molar-refractivity contribution in [2.75, 3.05) is 13.1 Å². The SMILES string of the molecule is CCCN1CC[C@@]2(c3ccccc3)CCc3ncc(-c4ccccc4)n3C[C@H]12. The van der Waals surface area contributed by atoms with Gasteiger partial charge in [0.25, 0.3) is 0 Å². The van der Waals surface area contributed by atoms with Crippen LogP contribution in [0.15, 0.2) is 66.9 Å². The molecule has 2 aliphatic rings. The van der Waals surface area contributed by atoms with E-state index in [4.69, 9.17) is 4.98 Å². The number of aryl methyl sites for hydroxylation is 1. The molecule has 0 spiro atoms. The molecule has 1 fully saturated rings. The maximum Gasteiger partial charge on any atom is 0.109 e. The van der Waals surface area contributed by atoms with E-state index < -0.39 is 0 Å². The standard InChI is InChI=1S/C25H29N3/c1-2-16-27-17-15-25(21-11-7-4-8-12-21)14-13-24-26-18-22(28(24)19-23(25)27)20-9-5-3-6-10-20/h3-12,18,23H,2,13-17,19H2,1H3/t23-,25+/m0/s1. The summed E-state index contributed by atoms with van der Waals surface area (Å²) < 4.78 is 2.51. The third-order valence-corrected chi connectivity index (χ3v) is 6.94. The van der Waals surface area contributed by atoms with Crippen molar-refractivity contribution in [1.82, 2.24) is 14.5 Å². The van der Waals surface area contributed by atoms with Crippen molar-refractivity contribution in [2.24, 2.45) is 0 Å². The Balaban J connectivity index is 1.59. The summed E-state index contributed by atoms with van der Waals surface area (Å²) in [7, 11) is 0. The Morgan fingerprint density at radius 2 is 1.75 bits per heavy atom. The van der Waals surface area contributed by atoms with Crippen LogP contribution in [0.3, 0.4) is 0 Å². The van der Waals surface area contributed by atoms with Crippen LogP contribution in [0.25, 0.3) is 11.3 Å². The van der Waals surface area contributed by atoms with Crippen LogP contribution < -0.4 is 0 Å². The van der Waals surface area contributed by atoms with Crippen molar-refractivity contribution in [2.45, 2.75) is 50.6 Å². The molecule has 0 aliphatic carbocycles. The van der Waals surface area contributed by atoms with Crippen LogP contribution in [0.2, 0.25) is 0 Å². The summed E-state index contributed by atoms with van der Waals surface area (Å²) in [4.78, 5) is 7.61. The minimum atomic E-state index is 0.241. The second-order valence-corrected chi connectivity index (χ2v) is 8.36. The van der Waals surface area contributed by atoms with Gasteiger partial charge in [0.15, 0.2) is 0 Å². The summed E-state index contributed by atoms with van der Waals surface area (Å²) in [5.74, 6) is 1.25. The first kappa shape index (κ1) is 17.7. The molecule has 2 aliphatic heterocycles. The predicted molar refractivity (Wildman–Crippen MR) is 114 cm³/mol.